The lowest BCUT2D eigenvalue weighted by atomic mass is 10.2. The SMILES string of the molecule is CCCNc1nc(N)c(C(=O)NCc2ccc(Cl)cc2)s1. The standard InChI is InChI=1S/C14H17ClN4OS/c1-2-7-17-14-19-12(16)11(21-14)13(20)18-8-9-3-5-10(15)6-4-9/h3-6H,2,7-8,16H2,1H3,(H,17,19)(H,18,20). The largest absolute Gasteiger partial charge is 0.382 e. The number of benzene rings is 1. The summed E-state index contributed by atoms with van der Waals surface area (Å²) in [6.45, 7) is 3.29. The lowest BCUT2D eigenvalue weighted by Crippen LogP contribution is -2.22. The number of carbonyl (C=O) groups excluding carboxylic acids is 1. The van der Waals surface area contributed by atoms with Gasteiger partial charge in [-0.25, -0.2) is 4.98 Å². The van der Waals surface area contributed by atoms with Gasteiger partial charge in [0.05, 0.1) is 0 Å². The Bertz CT molecular complexity index is 612. The van der Waals surface area contributed by atoms with E-state index in [2.05, 4.69) is 22.5 Å². The lowest BCUT2D eigenvalue weighted by Gasteiger charge is -2.04. The molecule has 7 heteroatoms. The Balaban J connectivity index is 1.96. The number of hydrogen-bond donors (Lipinski definition) is 3. The molecule has 0 atom stereocenters. The number of halogens is 1. The second kappa shape index (κ2) is 7.28. The second-order valence-corrected chi connectivity index (χ2v) is 5.90. The predicted molar refractivity (Wildman–Crippen MR) is 87.9 cm³/mol. The van der Waals surface area contributed by atoms with Crippen LogP contribution in [0.1, 0.15) is 28.6 Å². The van der Waals surface area contributed by atoms with Gasteiger partial charge in [-0.2, -0.15) is 0 Å². The molecule has 21 heavy (non-hydrogen) atoms. The van der Waals surface area contributed by atoms with Crippen molar-refractivity contribution in [3.05, 3.63) is 39.7 Å². The number of nitrogen functional groups attached to an aromatic ring is 1. The van der Waals surface area contributed by atoms with Crippen LogP contribution in [0.4, 0.5) is 10.9 Å². The van der Waals surface area contributed by atoms with Crippen LogP contribution in [-0.4, -0.2) is 17.4 Å². The number of aromatic nitrogens is 1. The minimum atomic E-state index is -0.218. The first-order valence-corrected chi connectivity index (χ1v) is 7.82. The maximum absolute atomic E-state index is 12.1. The molecule has 112 valence electrons. The zero-order chi connectivity index (χ0) is 15.2. The normalized spacial score (nSPS) is 10.4. The average molecular weight is 325 g/mol. The second-order valence-electron chi connectivity index (χ2n) is 4.47. The van der Waals surface area contributed by atoms with Crippen molar-refractivity contribution in [3.63, 3.8) is 0 Å². The molecule has 1 aromatic carbocycles. The Labute approximate surface area is 132 Å². The summed E-state index contributed by atoms with van der Waals surface area (Å²) in [7, 11) is 0. The Morgan fingerprint density at radius 2 is 2.10 bits per heavy atom. The van der Waals surface area contributed by atoms with Crippen molar-refractivity contribution in [1.29, 1.82) is 0 Å². The Morgan fingerprint density at radius 3 is 2.76 bits per heavy atom. The summed E-state index contributed by atoms with van der Waals surface area (Å²) in [5.41, 5.74) is 6.76. The molecule has 1 heterocycles. The molecule has 0 unspecified atom stereocenters. The zero-order valence-corrected chi connectivity index (χ0v) is 13.2. The van der Waals surface area contributed by atoms with Gasteiger partial charge in [0.25, 0.3) is 5.91 Å². The summed E-state index contributed by atoms with van der Waals surface area (Å²) in [6, 6.07) is 7.31. The number of anilines is 2. The quantitative estimate of drug-likeness (QED) is 0.762. The van der Waals surface area contributed by atoms with Crippen LogP contribution in [0.15, 0.2) is 24.3 Å². The smallest absolute Gasteiger partial charge is 0.265 e. The van der Waals surface area contributed by atoms with E-state index in [4.69, 9.17) is 17.3 Å². The summed E-state index contributed by atoms with van der Waals surface area (Å²) in [4.78, 5) is 16.7. The fourth-order valence-electron chi connectivity index (χ4n) is 1.67. The molecule has 5 nitrogen and oxygen atoms in total. The van der Waals surface area contributed by atoms with Crippen LogP contribution >= 0.6 is 22.9 Å². The maximum atomic E-state index is 12.1. The van der Waals surface area contributed by atoms with Crippen LogP contribution in [-0.2, 0) is 6.54 Å². The maximum Gasteiger partial charge on any atom is 0.265 e. The van der Waals surface area contributed by atoms with Gasteiger partial charge in [0, 0.05) is 18.1 Å². The van der Waals surface area contributed by atoms with E-state index < -0.39 is 0 Å². The number of nitrogens with two attached hydrogens (primary N) is 1. The van der Waals surface area contributed by atoms with Gasteiger partial charge in [0.15, 0.2) is 5.13 Å². The molecule has 0 aliphatic heterocycles. The van der Waals surface area contributed by atoms with Gasteiger partial charge in [-0.05, 0) is 24.1 Å². The average Bonchev–Trinajstić information content (AvgIpc) is 2.85. The van der Waals surface area contributed by atoms with Crippen LogP contribution in [0.2, 0.25) is 5.02 Å². The molecule has 2 rings (SSSR count). The van der Waals surface area contributed by atoms with E-state index in [1.54, 1.807) is 12.1 Å². The van der Waals surface area contributed by atoms with Crippen molar-refractivity contribution in [2.24, 2.45) is 0 Å². The van der Waals surface area contributed by atoms with Crippen molar-refractivity contribution >= 4 is 39.8 Å². The first kappa shape index (κ1) is 15.6. The molecule has 1 aromatic heterocycles. The van der Waals surface area contributed by atoms with Gasteiger partial charge in [-0.1, -0.05) is 42.0 Å². The summed E-state index contributed by atoms with van der Waals surface area (Å²) >= 11 is 7.08. The van der Waals surface area contributed by atoms with Gasteiger partial charge < -0.3 is 16.4 Å². The molecular weight excluding hydrogens is 308 g/mol. The van der Waals surface area contributed by atoms with Crippen molar-refractivity contribution in [3.8, 4) is 0 Å². The fourth-order valence-corrected chi connectivity index (χ4v) is 2.62. The highest BCUT2D eigenvalue weighted by Crippen LogP contribution is 2.24. The molecule has 4 N–H and O–H groups in total. The molecule has 0 saturated carbocycles. The van der Waals surface area contributed by atoms with Crippen molar-refractivity contribution in [2.75, 3.05) is 17.6 Å². The van der Waals surface area contributed by atoms with E-state index in [0.29, 0.717) is 21.6 Å². The first-order chi connectivity index (χ1) is 10.1. The predicted octanol–water partition coefficient (Wildman–Crippen LogP) is 3.13. The van der Waals surface area contributed by atoms with Gasteiger partial charge in [0.2, 0.25) is 0 Å². The van der Waals surface area contributed by atoms with Crippen LogP contribution in [0, 0.1) is 0 Å². The Hall–Kier alpha value is -1.79. The molecule has 0 radical (unpaired) electrons. The lowest BCUT2D eigenvalue weighted by molar-refractivity contribution is 0.0955. The van der Waals surface area contributed by atoms with Gasteiger partial charge in [-0.15, -0.1) is 0 Å². The third kappa shape index (κ3) is 4.34. The molecule has 0 bridgehead atoms. The van der Waals surface area contributed by atoms with E-state index in [-0.39, 0.29) is 11.7 Å². The Morgan fingerprint density at radius 1 is 1.38 bits per heavy atom. The summed E-state index contributed by atoms with van der Waals surface area (Å²) in [6.07, 6.45) is 0.984. The van der Waals surface area contributed by atoms with E-state index >= 15 is 0 Å². The van der Waals surface area contributed by atoms with Gasteiger partial charge in [-0.3, -0.25) is 4.79 Å². The zero-order valence-electron chi connectivity index (χ0n) is 11.6. The van der Waals surface area contributed by atoms with Crippen LogP contribution < -0.4 is 16.4 Å². The van der Waals surface area contributed by atoms with Gasteiger partial charge >= 0.3 is 0 Å². The summed E-state index contributed by atoms with van der Waals surface area (Å²) in [5.74, 6) is 0.0386. The van der Waals surface area contributed by atoms with Crippen molar-refractivity contribution in [1.82, 2.24) is 10.3 Å². The number of nitrogens with one attached hydrogen (secondary N) is 2. The fraction of sp³-hybridized carbons (Fsp3) is 0.286. The third-order valence-electron chi connectivity index (χ3n) is 2.75. The van der Waals surface area contributed by atoms with E-state index in [0.717, 1.165) is 18.5 Å². The number of rotatable bonds is 6. The van der Waals surface area contributed by atoms with E-state index in [1.807, 2.05) is 12.1 Å². The monoisotopic (exact) mass is 324 g/mol. The number of nitrogens with zero attached hydrogens (tertiary/aromatic N) is 1. The highest BCUT2D eigenvalue weighted by molar-refractivity contribution is 7.18. The molecule has 0 aliphatic carbocycles. The van der Waals surface area contributed by atoms with Gasteiger partial charge in [0.1, 0.15) is 10.7 Å². The highest BCUT2D eigenvalue weighted by Gasteiger charge is 2.15. The van der Waals surface area contributed by atoms with E-state index in [9.17, 15) is 4.79 Å². The number of carbonyl (C=O) groups is 1. The molecule has 0 saturated heterocycles. The van der Waals surface area contributed by atoms with Crippen LogP contribution in [0.25, 0.3) is 0 Å². The molecular formula is C14H17ClN4OS. The minimum absolute atomic E-state index is 0.218. The highest BCUT2D eigenvalue weighted by atomic mass is 35.5. The third-order valence-corrected chi connectivity index (χ3v) is 4.03. The van der Waals surface area contributed by atoms with Crippen molar-refractivity contribution < 1.29 is 4.79 Å². The van der Waals surface area contributed by atoms with Crippen LogP contribution in [0.3, 0.4) is 0 Å². The van der Waals surface area contributed by atoms with Crippen molar-refractivity contribution in [2.45, 2.75) is 19.9 Å². The number of thiazole rings is 1. The van der Waals surface area contributed by atoms with Crippen LogP contribution in [0.5, 0.6) is 0 Å². The first-order valence-electron chi connectivity index (χ1n) is 6.63. The molecule has 2 aromatic rings. The number of amides is 1. The topological polar surface area (TPSA) is 80.0 Å². The Kier molecular flexibility index (Phi) is 5.41. The molecule has 1 amide bonds. The number of hydrogen-bond acceptors (Lipinski definition) is 5. The molecule has 0 aliphatic rings. The molecule has 0 fully saturated rings. The summed E-state index contributed by atoms with van der Waals surface area (Å²) < 4.78 is 0. The van der Waals surface area contributed by atoms with E-state index in [1.165, 1.54) is 11.3 Å². The summed E-state index contributed by atoms with van der Waals surface area (Å²) in [5, 5.41) is 7.29. The minimum Gasteiger partial charge on any atom is -0.382 e. The molecule has 0 spiro atoms.